The molecule has 0 bridgehead atoms. The Kier molecular flexibility index (Phi) is 4.72. The molecule has 0 spiro atoms. The van der Waals surface area contributed by atoms with Crippen LogP contribution in [0.3, 0.4) is 0 Å². The van der Waals surface area contributed by atoms with E-state index in [1.54, 1.807) is 30.7 Å². The highest BCUT2D eigenvalue weighted by molar-refractivity contribution is 5.87. The van der Waals surface area contributed by atoms with Gasteiger partial charge in [-0.25, -0.2) is 9.78 Å². The third-order valence-electron chi connectivity index (χ3n) is 4.15. The number of aromatic nitrogens is 1. The van der Waals surface area contributed by atoms with Gasteiger partial charge in [-0.3, -0.25) is 0 Å². The standard InChI is InChI=1S/C20H16N2O4/c1-12-13(2)22-19(17(9-21)18(12)16-7-8-25-11-16)26-10-14-3-5-15(6-4-14)20(23)24/h3-8,11H,10H2,1-2H3,(H,23,24). The molecule has 3 rings (SSSR count). The van der Waals surface area contributed by atoms with Crippen LogP contribution in [0.15, 0.2) is 47.3 Å². The van der Waals surface area contributed by atoms with Crippen LogP contribution in [0.1, 0.15) is 32.7 Å². The maximum atomic E-state index is 10.9. The molecule has 0 atom stereocenters. The normalized spacial score (nSPS) is 10.3. The maximum Gasteiger partial charge on any atom is 0.335 e. The minimum Gasteiger partial charge on any atom is -0.478 e. The highest BCUT2D eigenvalue weighted by Crippen LogP contribution is 2.34. The van der Waals surface area contributed by atoms with E-state index in [-0.39, 0.29) is 18.1 Å². The van der Waals surface area contributed by atoms with Gasteiger partial charge in [-0.2, -0.15) is 5.26 Å². The van der Waals surface area contributed by atoms with Crippen molar-refractivity contribution >= 4 is 5.97 Å². The van der Waals surface area contributed by atoms with Gasteiger partial charge in [-0.05, 0) is 43.2 Å². The summed E-state index contributed by atoms with van der Waals surface area (Å²) in [5.74, 6) is -0.737. The first-order valence-electron chi connectivity index (χ1n) is 7.90. The van der Waals surface area contributed by atoms with Crippen LogP contribution in [0.4, 0.5) is 0 Å². The molecule has 0 saturated heterocycles. The number of pyridine rings is 1. The molecule has 0 aliphatic rings. The fourth-order valence-corrected chi connectivity index (χ4v) is 2.64. The Morgan fingerprint density at radius 1 is 1.27 bits per heavy atom. The van der Waals surface area contributed by atoms with Gasteiger partial charge in [0, 0.05) is 16.8 Å². The molecule has 1 N–H and O–H groups in total. The van der Waals surface area contributed by atoms with Gasteiger partial charge in [0.2, 0.25) is 5.88 Å². The summed E-state index contributed by atoms with van der Waals surface area (Å²) in [6.45, 7) is 3.93. The number of nitrogens with zero attached hydrogens (tertiary/aromatic N) is 2. The smallest absolute Gasteiger partial charge is 0.335 e. The first-order valence-corrected chi connectivity index (χ1v) is 7.90. The van der Waals surface area contributed by atoms with Gasteiger partial charge in [0.1, 0.15) is 18.2 Å². The Hall–Kier alpha value is -3.59. The second kappa shape index (κ2) is 7.11. The number of nitriles is 1. The largest absolute Gasteiger partial charge is 0.478 e. The molecule has 0 fully saturated rings. The van der Waals surface area contributed by atoms with E-state index < -0.39 is 5.97 Å². The maximum absolute atomic E-state index is 10.9. The first-order chi connectivity index (χ1) is 12.5. The number of rotatable bonds is 5. The molecule has 1 aromatic carbocycles. The number of ether oxygens (including phenoxy) is 1. The predicted molar refractivity (Wildman–Crippen MR) is 93.9 cm³/mol. The molecule has 26 heavy (non-hydrogen) atoms. The van der Waals surface area contributed by atoms with Crippen molar-refractivity contribution in [3.8, 4) is 23.1 Å². The minimum atomic E-state index is -0.982. The van der Waals surface area contributed by atoms with Crippen LogP contribution >= 0.6 is 0 Å². The summed E-state index contributed by atoms with van der Waals surface area (Å²) >= 11 is 0. The van der Waals surface area contributed by atoms with Gasteiger partial charge < -0.3 is 14.3 Å². The summed E-state index contributed by atoms with van der Waals surface area (Å²) < 4.78 is 10.9. The summed E-state index contributed by atoms with van der Waals surface area (Å²) in [6.07, 6.45) is 3.13. The lowest BCUT2D eigenvalue weighted by Crippen LogP contribution is -2.04. The molecule has 0 amide bonds. The van der Waals surface area contributed by atoms with Gasteiger partial charge in [0.25, 0.3) is 0 Å². The number of carbonyl (C=O) groups is 1. The molecule has 130 valence electrons. The molecule has 0 saturated carbocycles. The Morgan fingerprint density at radius 3 is 2.58 bits per heavy atom. The van der Waals surface area contributed by atoms with E-state index in [1.807, 2.05) is 13.8 Å². The number of hydrogen-bond donors (Lipinski definition) is 1. The fraction of sp³-hybridized carbons (Fsp3) is 0.150. The predicted octanol–water partition coefficient (Wildman–Crippen LogP) is 4.11. The SMILES string of the molecule is Cc1nc(OCc2ccc(C(=O)O)cc2)c(C#N)c(-c2ccoc2)c1C. The number of aromatic carboxylic acids is 1. The quantitative estimate of drug-likeness (QED) is 0.745. The summed E-state index contributed by atoms with van der Waals surface area (Å²) in [5, 5.41) is 18.6. The Labute approximate surface area is 150 Å². The average molecular weight is 348 g/mol. The van der Waals surface area contributed by atoms with Crippen LogP contribution in [-0.4, -0.2) is 16.1 Å². The molecule has 0 aliphatic heterocycles. The van der Waals surface area contributed by atoms with Crippen molar-refractivity contribution in [2.45, 2.75) is 20.5 Å². The summed E-state index contributed by atoms with van der Waals surface area (Å²) in [6, 6.07) is 10.3. The molecule has 3 aromatic rings. The van der Waals surface area contributed by atoms with Crippen LogP contribution in [-0.2, 0) is 6.61 Å². The zero-order valence-electron chi connectivity index (χ0n) is 14.3. The zero-order chi connectivity index (χ0) is 18.7. The van der Waals surface area contributed by atoms with Crippen LogP contribution < -0.4 is 4.74 Å². The molecule has 2 heterocycles. The first kappa shape index (κ1) is 17.2. The lowest BCUT2D eigenvalue weighted by Gasteiger charge is -2.14. The highest BCUT2D eigenvalue weighted by Gasteiger charge is 2.19. The van der Waals surface area contributed by atoms with E-state index in [1.165, 1.54) is 12.1 Å². The van der Waals surface area contributed by atoms with Crippen molar-refractivity contribution in [1.82, 2.24) is 4.98 Å². The molecular formula is C20H16N2O4. The second-order valence-electron chi connectivity index (χ2n) is 5.79. The van der Waals surface area contributed by atoms with Crippen molar-refractivity contribution in [3.05, 3.63) is 70.8 Å². The van der Waals surface area contributed by atoms with E-state index in [2.05, 4.69) is 11.1 Å². The zero-order valence-corrected chi connectivity index (χ0v) is 14.3. The molecular weight excluding hydrogens is 332 g/mol. The van der Waals surface area contributed by atoms with E-state index in [0.717, 1.165) is 27.9 Å². The second-order valence-corrected chi connectivity index (χ2v) is 5.79. The minimum absolute atomic E-state index is 0.176. The molecule has 2 aromatic heterocycles. The summed E-state index contributed by atoms with van der Waals surface area (Å²) in [7, 11) is 0. The van der Waals surface area contributed by atoms with Crippen LogP contribution in [0, 0.1) is 25.2 Å². The lowest BCUT2D eigenvalue weighted by atomic mass is 9.97. The number of furan rings is 1. The Balaban J connectivity index is 1.93. The lowest BCUT2D eigenvalue weighted by molar-refractivity contribution is 0.0697. The highest BCUT2D eigenvalue weighted by atomic mass is 16.5. The van der Waals surface area contributed by atoms with E-state index >= 15 is 0 Å². The topological polar surface area (TPSA) is 96.4 Å². The third-order valence-corrected chi connectivity index (χ3v) is 4.15. The molecule has 0 unspecified atom stereocenters. The number of carboxylic acid groups (broad SMARTS) is 1. The molecule has 0 radical (unpaired) electrons. The number of carboxylic acids is 1. The van der Waals surface area contributed by atoms with Gasteiger partial charge in [-0.1, -0.05) is 12.1 Å². The monoisotopic (exact) mass is 348 g/mol. The Morgan fingerprint density at radius 2 is 2.00 bits per heavy atom. The van der Waals surface area contributed by atoms with E-state index in [4.69, 9.17) is 14.3 Å². The molecule has 6 heteroatoms. The number of hydrogen-bond acceptors (Lipinski definition) is 5. The van der Waals surface area contributed by atoms with Crippen molar-refractivity contribution in [1.29, 1.82) is 5.26 Å². The van der Waals surface area contributed by atoms with Gasteiger partial charge in [0.05, 0.1) is 18.1 Å². The number of aryl methyl sites for hydroxylation is 1. The van der Waals surface area contributed by atoms with Gasteiger partial charge in [0.15, 0.2) is 0 Å². The Bertz CT molecular complexity index is 984. The summed E-state index contributed by atoms with van der Waals surface area (Å²) in [5.41, 5.74) is 4.51. The fourth-order valence-electron chi connectivity index (χ4n) is 2.64. The average Bonchev–Trinajstić information content (AvgIpc) is 3.16. The van der Waals surface area contributed by atoms with E-state index in [9.17, 15) is 10.1 Å². The van der Waals surface area contributed by atoms with Crippen LogP contribution in [0.2, 0.25) is 0 Å². The van der Waals surface area contributed by atoms with Crippen LogP contribution in [0.5, 0.6) is 5.88 Å². The van der Waals surface area contributed by atoms with E-state index in [0.29, 0.717) is 5.56 Å². The number of benzene rings is 1. The molecule has 0 aliphatic carbocycles. The van der Waals surface area contributed by atoms with Gasteiger partial charge in [-0.15, -0.1) is 0 Å². The molecule has 6 nitrogen and oxygen atoms in total. The third kappa shape index (κ3) is 3.28. The van der Waals surface area contributed by atoms with Gasteiger partial charge >= 0.3 is 5.97 Å². The van der Waals surface area contributed by atoms with Crippen molar-refractivity contribution in [2.75, 3.05) is 0 Å². The van der Waals surface area contributed by atoms with Crippen molar-refractivity contribution < 1.29 is 19.1 Å². The van der Waals surface area contributed by atoms with Crippen LogP contribution in [0.25, 0.3) is 11.1 Å². The van der Waals surface area contributed by atoms with Crippen molar-refractivity contribution in [2.24, 2.45) is 0 Å². The summed E-state index contributed by atoms with van der Waals surface area (Å²) in [4.78, 5) is 15.3. The van der Waals surface area contributed by atoms with Crippen molar-refractivity contribution in [3.63, 3.8) is 0 Å².